The molecule has 0 saturated carbocycles. The number of hydrogen-bond donors (Lipinski definition) is 2. The van der Waals surface area contributed by atoms with E-state index in [4.69, 9.17) is 0 Å². The molecule has 0 atom stereocenters. The van der Waals surface area contributed by atoms with Gasteiger partial charge < -0.3 is 10.4 Å². The van der Waals surface area contributed by atoms with Crippen molar-refractivity contribution in [2.75, 3.05) is 5.32 Å². The maximum Gasteiger partial charge on any atom is 0.337 e. The fourth-order valence-corrected chi connectivity index (χ4v) is 3.52. The molecule has 0 amide bonds. The third-order valence-corrected chi connectivity index (χ3v) is 4.97. The van der Waals surface area contributed by atoms with Gasteiger partial charge in [-0.25, -0.2) is 23.5 Å². The number of carbonyl (C=O) groups is 1. The molecule has 2 aromatic carbocycles. The van der Waals surface area contributed by atoms with Crippen LogP contribution in [0.25, 0.3) is 0 Å². The molecular formula is C21H19F2N3O2S. The number of nitrogens with one attached hydrogen (secondary N) is 1. The largest absolute Gasteiger partial charge is 0.478 e. The lowest BCUT2D eigenvalue weighted by atomic mass is 10.1. The first-order chi connectivity index (χ1) is 13.7. The molecule has 0 aliphatic heterocycles. The van der Waals surface area contributed by atoms with Crippen molar-refractivity contribution in [2.24, 2.45) is 0 Å². The van der Waals surface area contributed by atoms with Crippen molar-refractivity contribution in [3.63, 3.8) is 0 Å². The van der Waals surface area contributed by atoms with Crippen molar-refractivity contribution in [1.82, 2.24) is 9.97 Å². The molecule has 5 nitrogen and oxygen atoms in total. The predicted molar refractivity (Wildman–Crippen MR) is 109 cm³/mol. The quantitative estimate of drug-likeness (QED) is 0.385. The van der Waals surface area contributed by atoms with E-state index in [0.29, 0.717) is 28.1 Å². The summed E-state index contributed by atoms with van der Waals surface area (Å²) in [5.74, 6) is -3.04. The van der Waals surface area contributed by atoms with E-state index in [1.165, 1.54) is 30.0 Å². The summed E-state index contributed by atoms with van der Waals surface area (Å²) in [7, 11) is 0. The molecule has 0 saturated heterocycles. The van der Waals surface area contributed by atoms with E-state index in [2.05, 4.69) is 15.3 Å². The highest BCUT2D eigenvalue weighted by Crippen LogP contribution is 2.29. The number of nitrogens with zero attached hydrogens (tertiary/aromatic N) is 2. The van der Waals surface area contributed by atoms with Crippen LogP contribution < -0.4 is 5.32 Å². The molecule has 0 aliphatic carbocycles. The Balaban J connectivity index is 1.77. The van der Waals surface area contributed by atoms with E-state index in [0.717, 1.165) is 12.5 Å². The lowest BCUT2D eigenvalue weighted by Crippen LogP contribution is -2.07. The smallest absolute Gasteiger partial charge is 0.337 e. The molecule has 0 aliphatic rings. The highest BCUT2D eigenvalue weighted by atomic mass is 32.2. The summed E-state index contributed by atoms with van der Waals surface area (Å²) in [6, 6.07) is 14.5. The molecule has 8 heteroatoms. The first-order valence-electron chi connectivity index (χ1n) is 8.77. The standard InChI is InChI=1S/C21H19F2N3O2S/c1-13-10-18(25-17-9-4-3-8-16(17)19(27)28)26-20(24-13)29-12-14-6-5-7-15(11-14)21(2,22)23/h3-11H,12H2,1-2H3,(H,27,28)(H,24,25,26). The Morgan fingerprint density at radius 3 is 2.62 bits per heavy atom. The molecule has 2 N–H and O–H groups in total. The Morgan fingerprint density at radius 2 is 1.90 bits per heavy atom. The highest BCUT2D eigenvalue weighted by Gasteiger charge is 2.24. The number of anilines is 2. The molecule has 29 heavy (non-hydrogen) atoms. The van der Waals surface area contributed by atoms with Crippen molar-refractivity contribution in [2.45, 2.75) is 30.7 Å². The van der Waals surface area contributed by atoms with E-state index in [-0.39, 0.29) is 11.1 Å². The molecule has 3 rings (SSSR count). The average molecular weight is 415 g/mol. The number of alkyl halides is 2. The SMILES string of the molecule is Cc1cc(Nc2ccccc2C(=O)O)nc(SCc2cccc(C(C)(F)F)c2)n1. The van der Waals surface area contributed by atoms with Gasteiger partial charge in [0.05, 0.1) is 11.3 Å². The second kappa shape index (κ2) is 8.57. The van der Waals surface area contributed by atoms with Gasteiger partial charge in [0, 0.05) is 30.0 Å². The fraction of sp³-hybridized carbons (Fsp3) is 0.190. The van der Waals surface area contributed by atoms with E-state index in [1.54, 1.807) is 43.3 Å². The topological polar surface area (TPSA) is 75.1 Å². The number of rotatable bonds is 7. The minimum Gasteiger partial charge on any atom is -0.478 e. The Kier molecular flexibility index (Phi) is 6.12. The van der Waals surface area contributed by atoms with Gasteiger partial charge in [0.25, 0.3) is 5.92 Å². The van der Waals surface area contributed by atoms with Gasteiger partial charge >= 0.3 is 5.97 Å². The zero-order valence-corrected chi connectivity index (χ0v) is 16.6. The molecule has 0 fully saturated rings. The van der Waals surface area contributed by atoms with Crippen molar-refractivity contribution < 1.29 is 18.7 Å². The van der Waals surface area contributed by atoms with Crippen LogP contribution in [0.3, 0.4) is 0 Å². The molecule has 0 radical (unpaired) electrons. The Labute approximate surface area is 171 Å². The fourth-order valence-electron chi connectivity index (χ4n) is 2.67. The number of aryl methyl sites for hydroxylation is 1. The predicted octanol–water partition coefficient (Wildman–Crippen LogP) is 5.63. The van der Waals surface area contributed by atoms with Gasteiger partial charge in [-0.2, -0.15) is 0 Å². The lowest BCUT2D eigenvalue weighted by Gasteiger charge is -2.12. The van der Waals surface area contributed by atoms with Crippen LogP contribution in [-0.2, 0) is 11.7 Å². The molecular weight excluding hydrogens is 396 g/mol. The summed E-state index contributed by atoms with van der Waals surface area (Å²) >= 11 is 1.32. The maximum atomic E-state index is 13.5. The maximum absolute atomic E-state index is 13.5. The second-order valence-corrected chi connectivity index (χ2v) is 7.47. The number of halogens is 2. The number of carboxylic acids is 1. The molecule has 150 valence electrons. The van der Waals surface area contributed by atoms with Crippen LogP contribution in [0.5, 0.6) is 0 Å². The minimum absolute atomic E-state index is 0.0339. The summed E-state index contributed by atoms with van der Waals surface area (Å²) in [5.41, 5.74) is 1.96. The van der Waals surface area contributed by atoms with Crippen molar-refractivity contribution >= 4 is 29.2 Å². The van der Waals surface area contributed by atoms with Crippen LogP contribution in [-0.4, -0.2) is 21.0 Å². The average Bonchev–Trinajstić information content (AvgIpc) is 2.66. The number of hydrogen-bond acceptors (Lipinski definition) is 5. The van der Waals surface area contributed by atoms with Crippen LogP contribution in [0.4, 0.5) is 20.3 Å². The highest BCUT2D eigenvalue weighted by molar-refractivity contribution is 7.98. The van der Waals surface area contributed by atoms with E-state index < -0.39 is 11.9 Å². The van der Waals surface area contributed by atoms with E-state index in [9.17, 15) is 18.7 Å². The van der Waals surface area contributed by atoms with E-state index >= 15 is 0 Å². The monoisotopic (exact) mass is 415 g/mol. The minimum atomic E-state index is -2.89. The summed E-state index contributed by atoms with van der Waals surface area (Å²) in [4.78, 5) is 20.2. The zero-order valence-electron chi connectivity index (χ0n) is 15.8. The van der Waals surface area contributed by atoms with Crippen LogP contribution in [0.2, 0.25) is 0 Å². The number of thioether (sulfide) groups is 1. The van der Waals surface area contributed by atoms with Gasteiger partial charge in [-0.15, -0.1) is 0 Å². The lowest BCUT2D eigenvalue weighted by molar-refractivity contribution is 0.0174. The Hall–Kier alpha value is -3.00. The van der Waals surface area contributed by atoms with Crippen molar-refractivity contribution in [3.05, 3.63) is 77.0 Å². The Bertz CT molecular complexity index is 1040. The van der Waals surface area contributed by atoms with Crippen molar-refractivity contribution in [1.29, 1.82) is 0 Å². The van der Waals surface area contributed by atoms with E-state index in [1.807, 2.05) is 0 Å². The molecule has 3 aromatic rings. The van der Waals surface area contributed by atoms with Crippen LogP contribution >= 0.6 is 11.8 Å². The Morgan fingerprint density at radius 1 is 1.14 bits per heavy atom. The summed E-state index contributed by atoms with van der Waals surface area (Å²) in [5, 5.41) is 12.8. The number of aromatic carboxylic acids is 1. The molecule has 0 unspecified atom stereocenters. The zero-order chi connectivity index (χ0) is 21.0. The molecule has 1 aromatic heterocycles. The van der Waals surface area contributed by atoms with Gasteiger partial charge in [0.1, 0.15) is 5.82 Å². The van der Waals surface area contributed by atoms with Gasteiger partial charge in [-0.05, 0) is 30.7 Å². The van der Waals surface area contributed by atoms with Gasteiger partial charge in [-0.1, -0.05) is 42.1 Å². The normalized spacial score (nSPS) is 11.3. The van der Waals surface area contributed by atoms with Gasteiger partial charge in [0.15, 0.2) is 5.16 Å². The number of carboxylic acid groups (broad SMARTS) is 1. The summed E-state index contributed by atoms with van der Waals surface area (Å²) < 4.78 is 27.0. The first-order valence-corrected chi connectivity index (χ1v) is 9.76. The number of para-hydroxylation sites is 1. The molecule has 0 bridgehead atoms. The summed E-state index contributed by atoms with van der Waals surface area (Å²) in [6.07, 6.45) is 0. The molecule has 0 spiro atoms. The second-order valence-electron chi connectivity index (χ2n) is 6.53. The molecule has 1 heterocycles. The van der Waals surface area contributed by atoms with Gasteiger partial charge in [-0.3, -0.25) is 0 Å². The number of benzene rings is 2. The van der Waals surface area contributed by atoms with Crippen LogP contribution in [0, 0.1) is 6.92 Å². The third kappa shape index (κ3) is 5.51. The summed E-state index contributed by atoms with van der Waals surface area (Å²) in [6.45, 7) is 2.67. The first kappa shape index (κ1) is 20.7. The van der Waals surface area contributed by atoms with Gasteiger partial charge in [0.2, 0.25) is 0 Å². The number of aromatic nitrogens is 2. The van der Waals surface area contributed by atoms with Crippen molar-refractivity contribution in [3.8, 4) is 0 Å². The van der Waals surface area contributed by atoms with Crippen LogP contribution in [0.15, 0.2) is 59.8 Å². The third-order valence-electron chi connectivity index (χ3n) is 4.06. The van der Waals surface area contributed by atoms with Crippen LogP contribution in [0.1, 0.15) is 34.1 Å².